The molecule has 0 spiro atoms. The Kier molecular flexibility index (Phi) is 8.46. The zero-order valence-electron chi connectivity index (χ0n) is 23.1. The second-order valence-electron chi connectivity index (χ2n) is 9.55. The van der Waals surface area contributed by atoms with E-state index in [0.717, 1.165) is 12.8 Å². The van der Waals surface area contributed by atoms with E-state index in [0.29, 0.717) is 90.6 Å². The number of nitrogens with two attached hydrogens (primary N) is 1. The van der Waals surface area contributed by atoms with Gasteiger partial charge in [-0.15, -0.1) is 0 Å². The first-order valence-electron chi connectivity index (χ1n) is 13.3. The number of fused-ring (bicyclic) bond motifs is 1. The molecule has 0 unspecified atom stereocenters. The number of pyridine rings is 1. The van der Waals surface area contributed by atoms with Gasteiger partial charge in [-0.2, -0.15) is 4.98 Å². The molecule has 2 aliphatic heterocycles. The Morgan fingerprint density at radius 1 is 1.15 bits per heavy atom. The Hall–Kier alpha value is -4.16. The summed E-state index contributed by atoms with van der Waals surface area (Å²) in [5.74, 6) is 0.677. The van der Waals surface area contributed by atoms with Crippen molar-refractivity contribution < 1.29 is 24.8 Å². The predicted octanol–water partition coefficient (Wildman–Crippen LogP) is 3.18. The van der Waals surface area contributed by atoms with Crippen molar-refractivity contribution >= 4 is 46.4 Å². The van der Waals surface area contributed by atoms with Crippen LogP contribution >= 0.6 is 0 Å². The highest BCUT2D eigenvalue weighted by molar-refractivity contribution is 6.13. The number of carbonyl (C=O) groups excluding carboxylic acids is 1. The fraction of sp³-hybridized carbons (Fsp3) is 0.429. The summed E-state index contributed by atoms with van der Waals surface area (Å²) in [6.45, 7) is 3.96. The lowest BCUT2D eigenvalue weighted by molar-refractivity contribution is 0.0817. The lowest BCUT2D eigenvalue weighted by Crippen LogP contribution is -2.38. The summed E-state index contributed by atoms with van der Waals surface area (Å²) in [5.41, 5.74) is 8.98. The third-order valence-electron chi connectivity index (χ3n) is 7.18. The maximum absolute atomic E-state index is 13.9. The lowest BCUT2D eigenvalue weighted by Gasteiger charge is -2.32. The number of anilines is 3. The molecule has 2 fully saturated rings. The van der Waals surface area contributed by atoms with Crippen molar-refractivity contribution in [1.82, 2.24) is 9.97 Å². The molecule has 0 atom stereocenters. The number of morpholine rings is 1. The van der Waals surface area contributed by atoms with Crippen LogP contribution in [0.2, 0.25) is 0 Å². The van der Waals surface area contributed by atoms with Gasteiger partial charge in [-0.25, -0.2) is 4.98 Å². The van der Waals surface area contributed by atoms with Crippen molar-refractivity contribution in [3.63, 3.8) is 0 Å². The molecule has 0 bridgehead atoms. The van der Waals surface area contributed by atoms with Crippen LogP contribution in [0.1, 0.15) is 30.2 Å². The van der Waals surface area contributed by atoms with Crippen LogP contribution in [0, 0.1) is 0 Å². The summed E-state index contributed by atoms with van der Waals surface area (Å²) in [7, 11) is 4.94. The average molecular weight is 552 g/mol. The number of piperidine rings is 1. The number of amides is 1. The van der Waals surface area contributed by atoms with E-state index in [1.807, 2.05) is 17.0 Å². The van der Waals surface area contributed by atoms with Gasteiger partial charge in [0.2, 0.25) is 5.65 Å². The highest BCUT2D eigenvalue weighted by Gasteiger charge is 2.28. The van der Waals surface area contributed by atoms with E-state index in [9.17, 15) is 4.79 Å². The fourth-order valence-corrected chi connectivity index (χ4v) is 5.06. The Labute approximate surface area is 234 Å². The first kappa shape index (κ1) is 27.4. The first-order chi connectivity index (χ1) is 19.6. The zero-order chi connectivity index (χ0) is 28.1. The number of methoxy groups -OCH3 is 2. The summed E-state index contributed by atoms with van der Waals surface area (Å²) < 4.78 is 22.8. The zero-order valence-corrected chi connectivity index (χ0v) is 23.1. The number of aliphatic imine (C=N–C) groups is 1. The number of ether oxygens (including phenoxy) is 3. The molecule has 214 valence electrons. The van der Waals surface area contributed by atoms with Crippen LogP contribution < -0.4 is 25.6 Å². The first-order valence-corrected chi connectivity index (χ1v) is 13.3. The smallest absolute Gasteiger partial charge is 0.300 e. The van der Waals surface area contributed by atoms with Gasteiger partial charge in [0, 0.05) is 71.4 Å². The molecular formula is C28H37N7O5. The van der Waals surface area contributed by atoms with E-state index in [1.54, 1.807) is 39.6 Å². The highest BCUT2D eigenvalue weighted by atomic mass is 16.5. The Morgan fingerprint density at radius 2 is 1.93 bits per heavy atom. The van der Waals surface area contributed by atoms with Crippen LogP contribution in [0.25, 0.3) is 16.8 Å². The minimum atomic E-state index is -0.347. The molecule has 2 aromatic heterocycles. The number of carbonyl (C=O) groups is 1. The quantitative estimate of drug-likeness (QED) is 0.401. The molecule has 5 rings (SSSR count). The van der Waals surface area contributed by atoms with Gasteiger partial charge in [-0.1, -0.05) is 12.1 Å². The number of oxazole rings is 1. The average Bonchev–Trinajstić information content (AvgIpc) is 3.43. The summed E-state index contributed by atoms with van der Waals surface area (Å²) in [6.07, 6.45) is 4.93. The molecule has 1 amide bonds. The van der Waals surface area contributed by atoms with Gasteiger partial charge in [0.15, 0.2) is 5.58 Å². The van der Waals surface area contributed by atoms with E-state index >= 15 is 0 Å². The van der Waals surface area contributed by atoms with Crippen LogP contribution in [-0.2, 0) is 9.47 Å². The van der Waals surface area contributed by atoms with Crippen molar-refractivity contribution in [3.05, 3.63) is 41.6 Å². The highest BCUT2D eigenvalue weighted by Crippen LogP contribution is 2.35. The molecular weight excluding hydrogens is 514 g/mol. The number of hydrogen-bond acceptors (Lipinski definition) is 11. The predicted molar refractivity (Wildman–Crippen MR) is 157 cm³/mol. The fourth-order valence-electron chi connectivity index (χ4n) is 5.06. The van der Waals surface area contributed by atoms with Gasteiger partial charge in [-0.3, -0.25) is 9.79 Å². The Balaban J connectivity index is 0.00000387. The van der Waals surface area contributed by atoms with Crippen molar-refractivity contribution in [2.24, 2.45) is 10.7 Å². The number of hydrogen-bond donors (Lipinski definition) is 2. The minimum absolute atomic E-state index is 0. The molecule has 40 heavy (non-hydrogen) atoms. The molecule has 3 aromatic rings. The topological polar surface area (TPSA) is 141 Å². The molecule has 12 heteroatoms. The van der Waals surface area contributed by atoms with Gasteiger partial charge in [0.05, 0.1) is 37.7 Å². The van der Waals surface area contributed by atoms with E-state index in [1.165, 1.54) is 6.20 Å². The van der Waals surface area contributed by atoms with E-state index < -0.39 is 0 Å². The van der Waals surface area contributed by atoms with Crippen LogP contribution in [0.15, 0.2) is 39.9 Å². The number of nitrogens with one attached hydrogen (secondary N) is 1. The van der Waals surface area contributed by atoms with Crippen molar-refractivity contribution in [2.75, 3.05) is 75.8 Å². The van der Waals surface area contributed by atoms with Gasteiger partial charge in [0.25, 0.3) is 11.9 Å². The summed E-state index contributed by atoms with van der Waals surface area (Å²) in [6, 6.07) is 7.65. The second-order valence-corrected chi connectivity index (χ2v) is 9.55. The van der Waals surface area contributed by atoms with Crippen LogP contribution in [0.5, 0.6) is 5.75 Å². The number of benzene rings is 1. The number of rotatable bonds is 8. The maximum Gasteiger partial charge on any atom is 0.300 e. The number of aromatic nitrogens is 2. The summed E-state index contributed by atoms with van der Waals surface area (Å²) in [5, 5.41) is 3.02. The van der Waals surface area contributed by atoms with Gasteiger partial charge >= 0.3 is 0 Å². The van der Waals surface area contributed by atoms with Crippen LogP contribution in [-0.4, -0.2) is 88.9 Å². The van der Waals surface area contributed by atoms with Crippen LogP contribution in [0.3, 0.4) is 0 Å². The molecule has 2 saturated heterocycles. The molecule has 2 aliphatic rings. The molecule has 4 heterocycles. The monoisotopic (exact) mass is 551 g/mol. The SMILES string of the molecule is CN=C/C(=C\N)c1cccc(NC(=O)c2cc3oc(N4CCOCC4)nc3nc2N2CCC(OC)CC2)c1OC.[HH]. The molecule has 12 nitrogen and oxygen atoms in total. The number of nitrogens with zero attached hydrogens (tertiary/aromatic N) is 5. The van der Waals surface area contributed by atoms with Crippen molar-refractivity contribution in [3.8, 4) is 5.75 Å². The third-order valence-corrected chi connectivity index (χ3v) is 7.18. The summed E-state index contributed by atoms with van der Waals surface area (Å²) in [4.78, 5) is 31.6. The number of para-hydroxylation sites is 1. The Morgan fingerprint density at radius 3 is 2.60 bits per heavy atom. The van der Waals surface area contributed by atoms with E-state index in [-0.39, 0.29) is 13.4 Å². The second kappa shape index (κ2) is 12.3. The molecule has 3 N–H and O–H groups in total. The molecule has 0 saturated carbocycles. The molecule has 0 aliphatic carbocycles. The molecule has 0 radical (unpaired) electrons. The van der Waals surface area contributed by atoms with Crippen molar-refractivity contribution in [1.29, 1.82) is 0 Å². The standard InChI is InChI=1S/C28H35N7O5.H2/c1-30-17-18(16-29)20-5-4-6-22(24(20)38-3)31-27(36)21-15-23-25(33-28(40-23)35-11-13-39-14-12-35)32-26(21)34-9-7-19(37-2)8-10-34;/h4-6,15-17,19H,7-14,29H2,1-3H3,(H,31,36);1H/b18-16+,30-17?;. The van der Waals surface area contributed by atoms with Gasteiger partial charge < -0.3 is 39.5 Å². The van der Waals surface area contributed by atoms with E-state index in [2.05, 4.69) is 20.2 Å². The van der Waals surface area contributed by atoms with Crippen LogP contribution in [0.4, 0.5) is 17.5 Å². The van der Waals surface area contributed by atoms with E-state index in [4.69, 9.17) is 29.3 Å². The minimum Gasteiger partial charge on any atom is -0.494 e. The number of allylic oxidation sites excluding steroid dienone is 1. The van der Waals surface area contributed by atoms with Crippen molar-refractivity contribution in [2.45, 2.75) is 18.9 Å². The van der Waals surface area contributed by atoms with Gasteiger partial charge in [0.1, 0.15) is 11.6 Å². The lowest BCUT2D eigenvalue weighted by atomic mass is 10.0. The third kappa shape index (κ3) is 5.58. The largest absolute Gasteiger partial charge is 0.494 e. The summed E-state index contributed by atoms with van der Waals surface area (Å²) >= 11 is 0. The Bertz CT molecular complexity index is 1410. The van der Waals surface area contributed by atoms with Gasteiger partial charge in [-0.05, 0) is 18.9 Å². The normalized spacial score (nSPS) is 17.1. The maximum atomic E-state index is 13.9. The molecule has 1 aromatic carbocycles.